The minimum absolute atomic E-state index is 0.185. The van der Waals surface area contributed by atoms with Gasteiger partial charge in [0, 0.05) is 6.04 Å². The molecular weight excluding hydrogens is 364 g/mol. The Labute approximate surface area is 173 Å². The van der Waals surface area contributed by atoms with Gasteiger partial charge in [-0.25, -0.2) is 4.79 Å². The lowest BCUT2D eigenvalue weighted by atomic mass is 9.92. The number of carboxylic acid groups (broad SMARTS) is 1. The van der Waals surface area contributed by atoms with Crippen molar-refractivity contribution < 1.29 is 14.6 Å². The molecule has 1 amide bonds. The maximum absolute atomic E-state index is 11.5. The van der Waals surface area contributed by atoms with Crippen LogP contribution in [0.4, 0.5) is 4.79 Å². The van der Waals surface area contributed by atoms with E-state index in [0.717, 1.165) is 30.8 Å². The Kier molecular flexibility index (Phi) is 7.94. The largest absolute Gasteiger partial charge is 0.494 e. The van der Waals surface area contributed by atoms with E-state index in [9.17, 15) is 9.90 Å². The Bertz CT molecular complexity index is 742. The third-order valence-corrected chi connectivity index (χ3v) is 5.53. The first-order valence-electron chi connectivity index (χ1n) is 10.7. The van der Waals surface area contributed by atoms with E-state index < -0.39 is 6.09 Å². The monoisotopic (exact) mass is 396 g/mol. The molecule has 2 N–H and O–H groups in total. The molecule has 1 saturated heterocycles. The van der Waals surface area contributed by atoms with Crippen LogP contribution in [-0.2, 0) is 0 Å². The van der Waals surface area contributed by atoms with Crippen molar-refractivity contribution in [2.45, 2.75) is 51.1 Å². The van der Waals surface area contributed by atoms with Crippen LogP contribution in [0.1, 0.15) is 62.2 Å². The fourth-order valence-corrected chi connectivity index (χ4v) is 4.07. The zero-order chi connectivity index (χ0) is 20.5. The summed E-state index contributed by atoms with van der Waals surface area (Å²) in [7, 11) is 0. The Morgan fingerprint density at radius 2 is 1.72 bits per heavy atom. The third kappa shape index (κ3) is 6.23. The lowest BCUT2D eigenvalue weighted by molar-refractivity contribution is 0.141. The molecule has 1 heterocycles. The van der Waals surface area contributed by atoms with Crippen LogP contribution in [0.25, 0.3) is 0 Å². The van der Waals surface area contributed by atoms with Gasteiger partial charge < -0.3 is 15.2 Å². The molecule has 5 nitrogen and oxygen atoms in total. The molecule has 5 heteroatoms. The second-order valence-corrected chi connectivity index (χ2v) is 7.68. The Hall–Kier alpha value is -2.53. The number of ether oxygens (including phenoxy) is 1. The molecule has 2 unspecified atom stereocenters. The van der Waals surface area contributed by atoms with E-state index >= 15 is 0 Å². The molecule has 0 radical (unpaired) electrons. The van der Waals surface area contributed by atoms with Gasteiger partial charge in [0.15, 0.2) is 0 Å². The molecule has 1 fully saturated rings. The van der Waals surface area contributed by atoms with Crippen molar-refractivity contribution in [1.29, 1.82) is 0 Å². The van der Waals surface area contributed by atoms with Gasteiger partial charge >= 0.3 is 6.09 Å². The van der Waals surface area contributed by atoms with Gasteiger partial charge in [-0.1, -0.05) is 55.8 Å². The lowest BCUT2D eigenvalue weighted by Crippen LogP contribution is -2.37. The lowest BCUT2D eigenvalue weighted by Gasteiger charge is -2.37. The molecule has 0 spiro atoms. The van der Waals surface area contributed by atoms with Crippen LogP contribution in [0.2, 0.25) is 0 Å². The fraction of sp³-hybridized carbons (Fsp3) is 0.458. The normalized spacial score (nSPS) is 16.7. The average Bonchev–Trinajstić information content (AvgIpc) is 2.76. The van der Waals surface area contributed by atoms with Crippen LogP contribution >= 0.6 is 0 Å². The summed E-state index contributed by atoms with van der Waals surface area (Å²) in [5, 5.41) is 12.2. The van der Waals surface area contributed by atoms with Gasteiger partial charge in [0.2, 0.25) is 0 Å². The summed E-state index contributed by atoms with van der Waals surface area (Å²) in [6.45, 7) is 4.87. The summed E-state index contributed by atoms with van der Waals surface area (Å²) in [6, 6.07) is 18.2. The molecule has 1 aliphatic rings. The molecule has 2 aromatic carbocycles. The van der Waals surface area contributed by atoms with Gasteiger partial charge in [0.25, 0.3) is 0 Å². The second-order valence-electron chi connectivity index (χ2n) is 7.68. The fourth-order valence-electron chi connectivity index (χ4n) is 4.07. The van der Waals surface area contributed by atoms with E-state index in [4.69, 9.17) is 4.74 Å². The first-order chi connectivity index (χ1) is 14.2. The van der Waals surface area contributed by atoms with Gasteiger partial charge in [-0.05, 0) is 62.0 Å². The number of nitrogens with one attached hydrogen (secondary N) is 1. The van der Waals surface area contributed by atoms with Gasteiger partial charge in [0.05, 0.1) is 12.6 Å². The number of hydrogen-bond acceptors (Lipinski definition) is 3. The van der Waals surface area contributed by atoms with Crippen LogP contribution in [0.15, 0.2) is 54.6 Å². The minimum Gasteiger partial charge on any atom is -0.494 e. The number of nitrogens with zero attached hydrogens (tertiary/aromatic N) is 1. The van der Waals surface area contributed by atoms with Crippen LogP contribution in [0, 0.1) is 0 Å². The first kappa shape index (κ1) is 21.2. The average molecular weight is 397 g/mol. The van der Waals surface area contributed by atoms with E-state index in [1.165, 1.54) is 24.8 Å². The van der Waals surface area contributed by atoms with E-state index in [1.54, 1.807) is 0 Å². The van der Waals surface area contributed by atoms with Crippen molar-refractivity contribution in [2.75, 3.05) is 19.7 Å². The van der Waals surface area contributed by atoms with E-state index in [2.05, 4.69) is 41.4 Å². The smallest absolute Gasteiger partial charge is 0.405 e. The Morgan fingerprint density at radius 3 is 2.34 bits per heavy atom. The molecule has 0 aliphatic carbocycles. The van der Waals surface area contributed by atoms with Crippen LogP contribution in [0.3, 0.4) is 0 Å². The maximum atomic E-state index is 11.5. The first-order valence-corrected chi connectivity index (χ1v) is 10.7. The van der Waals surface area contributed by atoms with Crippen LogP contribution < -0.4 is 10.1 Å². The summed E-state index contributed by atoms with van der Waals surface area (Å²) < 4.78 is 5.67. The van der Waals surface area contributed by atoms with Crippen molar-refractivity contribution >= 4 is 6.09 Å². The highest BCUT2D eigenvalue weighted by Gasteiger charge is 2.27. The van der Waals surface area contributed by atoms with Crippen LogP contribution in [-0.4, -0.2) is 35.8 Å². The van der Waals surface area contributed by atoms with Crippen molar-refractivity contribution in [1.82, 2.24) is 10.2 Å². The van der Waals surface area contributed by atoms with E-state index in [-0.39, 0.29) is 12.1 Å². The Balaban J connectivity index is 1.82. The van der Waals surface area contributed by atoms with Crippen molar-refractivity contribution in [3.63, 3.8) is 0 Å². The third-order valence-electron chi connectivity index (χ3n) is 5.53. The topological polar surface area (TPSA) is 61.8 Å². The SMILES string of the molecule is CCCOc1ccc(C(CC(c2ccccc2)N2CCCCC2)NC(=O)O)cc1. The quantitative estimate of drug-likeness (QED) is 0.596. The summed E-state index contributed by atoms with van der Waals surface area (Å²) >= 11 is 0. The summed E-state index contributed by atoms with van der Waals surface area (Å²) in [5.41, 5.74) is 2.21. The van der Waals surface area contributed by atoms with Gasteiger partial charge in [-0.15, -0.1) is 0 Å². The molecule has 156 valence electrons. The number of carbonyl (C=O) groups is 1. The molecule has 2 aromatic rings. The van der Waals surface area contributed by atoms with Crippen molar-refractivity contribution in [3.8, 4) is 5.75 Å². The van der Waals surface area contributed by atoms with E-state index in [1.807, 2.05) is 30.3 Å². The summed E-state index contributed by atoms with van der Waals surface area (Å²) in [4.78, 5) is 14.0. The predicted molar refractivity (Wildman–Crippen MR) is 115 cm³/mol. The highest BCUT2D eigenvalue weighted by molar-refractivity contribution is 5.65. The molecule has 29 heavy (non-hydrogen) atoms. The molecule has 0 bridgehead atoms. The molecule has 1 aliphatic heterocycles. The van der Waals surface area contributed by atoms with Gasteiger partial charge in [-0.2, -0.15) is 0 Å². The molecule has 3 rings (SSSR count). The summed E-state index contributed by atoms with van der Waals surface area (Å²) in [5.74, 6) is 0.820. The molecule has 2 atom stereocenters. The zero-order valence-corrected chi connectivity index (χ0v) is 17.2. The number of rotatable bonds is 9. The number of benzene rings is 2. The highest BCUT2D eigenvalue weighted by Crippen LogP contribution is 2.33. The van der Waals surface area contributed by atoms with Crippen LogP contribution in [0.5, 0.6) is 5.75 Å². The maximum Gasteiger partial charge on any atom is 0.405 e. The van der Waals surface area contributed by atoms with Crippen molar-refractivity contribution in [3.05, 3.63) is 65.7 Å². The molecule has 0 aromatic heterocycles. The number of likely N-dealkylation sites (tertiary alicyclic amines) is 1. The summed E-state index contributed by atoms with van der Waals surface area (Å²) in [6.07, 6.45) is 4.33. The minimum atomic E-state index is -0.994. The Morgan fingerprint density at radius 1 is 1.03 bits per heavy atom. The predicted octanol–water partition coefficient (Wildman–Crippen LogP) is 5.40. The van der Waals surface area contributed by atoms with Gasteiger partial charge in [-0.3, -0.25) is 4.90 Å². The number of amides is 1. The zero-order valence-electron chi connectivity index (χ0n) is 17.2. The second kappa shape index (κ2) is 10.9. The standard InChI is InChI=1S/C24H32N2O3/c1-2-17-29-21-13-11-19(12-14-21)22(25-24(27)28)18-23(20-9-5-3-6-10-20)26-15-7-4-8-16-26/h3,5-6,9-14,22-23,25H,2,4,7-8,15-18H2,1H3,(H,27,28). The van der Waals surface area contributed by atoms with E-state index in [0.29, 0.717) is 13.0 Å². The molecular formula is C24H32N2O3. The van der Waals surface area contributed by atoms with Gasteiger partial charge in [0.1, 0.15) is 5.75 Å². The number of piperidine rings is 1. The molecule has 0 saturated carbocycles. The highest BCUT2D eigenvalue weighted by atomic mass is 16.5. The number of hydrogen-bond donors (Lipinski definition) is 2. The van der Waals surface area contributed by atoms with Crippen molar-refractivity contribution in [2.24, 2.45) is 0 Å².